The van der Waals surface area contributed by atoms with Gasteiger partial charge in [-0.2, -0.15) is 17.0 Å². The van der Waals surface area contributed by atoms with Crippen molar-refractivity contribution in [3.05, 3.63) is 59.2 Å². The molecule has 27 heavy (non-hydrogen) atoms. The zero-order valence-corrected chi connectivity index (χ0v) is 16.4. The van der Waals surface area contributed by atoms with Gasteiger partial charge in [0.05, 0.1) is 12.7 Å². The van der Waals surface area contributed by atoms with E-state index in [0.717, 1.165) is 11.1 Å². The van der Waals surface area contributed by atoms with E-state index in [-0.39, 0.29) is 12.5 Å². The lowest BCUT2D eigenvalue weighted by Gasteiger charge is -2.30. The quantitative estimate of drug-likeness (QED) is 0.850. The van der Waals surface area contributed by atoms with Gasteiger partial charge in [0, 0.05) is 32.9 Å². The summed E-state index contributed by atoms with van der Waals surface area (Å²) in [7, 11) is 1.10. The third-order valence-corrected chi connectivity index (χ3v) is 6.47. The topological polar surface area (TPSA) is 79.0 Å². The maximum absolute atomic E-state index is 12.6. The lowest BCUT2D eigenvalue weighted by atomic mass is 10.0. The monoisotopic (exact) mass is 389 g/mol. The second kappa shape index (κ2) is 7.67. The fourth-order valence-corrected chi connectivity index (χ4v) is 4.15. The predicted molar refractivity (Wildman–Crippen MR) is 104 cm³/mol. The SMILES string of the molecule is COc1ccccc1C(=O)Nc1ccc2c(c1)CN(S(=O)(=O)N(C)C)CC2. The minimum absolute atomic E-state index is 0.277. The van der Waals surface area contributed by atoms with Crippen LogP contribution in [0.5, 0.6) is 5.75 Å². The molecule has 1 N–H and O–H groups in total. The Hall–Kier alpha value is -2.42. The van der Waals surface area contributed by atoms with Crippen molar-refractivity contribution in [1.82, 2.24) is 8.61 Å². The molecule has 0 unspecified atom stereocenters. The van der Waals surface area contributed by atoms with Gasteiger partial charge in [0.25, 0.3) is 16.1 Å². The number of methoxy groups -OCH3 is 1. The van der Waals surface area contributed by atoms with Crippen LogP contribution in [-0.2, 0) is 23.2 Å². The number of nitrogens with one attached hydrogen (secondary N) is 1. The fourth-order valence-electron chi connectivity index (χ4n) is 3.07. The molecule has 1 aliphatic heterocycles. The molecule has 144 valence electrons. The second-order valence-electron chi connectivity index (χ2n) is 6.51. The van der Waals surface area contributed by atoms with Crippen LogP contribution in [0.25, 0.3) is 0 Å². The highest BCUT2D eigenvalue weighted by Crippen LogP contribution is 2.26. The Bertz CT molecular complexity index is 957. The molecule has 1 heterocycles. The Morgan fingerprint density at radius 1 is 1.15 bits per heavy atom. The zero-order valence-electron chi connectivity index (χ0n) is 15.6. The number of fused-ring (bicyclic) bond motifs is 1. The summed E-state index contributed by atoms with van der Waals surface area (Å²) >= 11 is 0. The summed E-state index contributed by atoms with van der Waals surface area (Å²) in [5.41, 5.74) is 3.04. The highest BCUT2D eigenvalue weighted by molar-refractivity contribution is 7.86. The first kappa shape index (κ1) is 19.3. The number of para-hydroxylation sites is 1. The van der Waals surface area contributed by atoms with Gasteiger partial charge in [0.15, 0.2) is 0 Å². The van der Waals surface area contributed by atoms with E-state index in [2.05, 4.69) is 5.32 Å². The van der Waals surface area contributed by atoms with Gasteiger partial charge in [-0.3, -0.25) is 4.79 Å². The van der Waals surface area contributed by atoms with Crippen molar-refractivity contribution in [1.29, 1.82) is 0 Å². The number of rotatable bonds is 5. The molecule has 0 aromatic heterocycles. The highest BCUT2D eigenvalue weighted by atomic mass is 32.2. The number of hydrogen-bond donors (Lipinski definition) is 1. The summed E-state index contributed by atoms with van der Waals surface area (Å²) < 4.78 is 32.7. The van der Waals surface area contributed by atoms with Gasteiger partial charge in [-0.15, -0.1) is 0 Å². The molecule has 0 bridgehead atoms. The van der Waals surface area contributed by atoms with E-state index < -0.39 is 10.2 Å². The summed E-state index contributed by atoms with van der Waals surface area (Å²) in [6.07, 6.45) is 0.642. The van der Waals surface area contributed by atoms with Gasteiger partial charge < -0.3 is 10.1 Å². The molecule has 7 nitrogen and oxygen atoms in total. The summed E-state index contributed by atoms with van der Waals surface area (Å²) in [4.78, 5) is 12.6. The number of amides is 1. The average Bonchev–Trinajstić information content (AvgIpc) is 2.67. The van der Waals surface area contributed by atoms with E-state index in [0.29, 0.717) is 30.0 Å². The number of benzene rings is 2. The molecule has 2 aromatic rings. The van der Waals surface area contributed by atoms with E-state index in [1.807, 2.05) is 18.2 Å². The van der Waals surface area contributed by atoms with Gasteiger partial charge in [-0.05, 0) is 41.8 Å². The van der Waals surface area contributed by atoms with Crippen LogP contribution in [0, 0.1) is 0 Å². The number of carbonyl (C=O) groups excluding carboxylic acids is 1. The van der Waals surface area contributed by atoms with Gasteiger partial charge >= 0.3 is 0 Å². The van der Waals surface area contributed by atoms with Crippen molar-refractivity contribution >= 4 is 21.8 Å². The largest absolute Gasteiger partial charge is 0.496 e. The van der Waals surface area contributed by atoms with Crippen LogP contribution in [0.1, 0.15) is 21.5 Å². The molecule has 0 fully saturated rings. The molecule has 3 rings (SSSR count). The number of carbonyl (C=O) groups is 1. The predicted octanol–water partition coefficient (Wildman–Crippen LogP) is 2.11. The van der Waals surface area contributed by atoms with Crippen molar-refractivity contribution in [3.8, 4) is 5.75 Å². The van der Waals surface area contributed by atoms with Crippen LogP contribution in [0.2, 0.25) is 0 Å². The van der Waals surface area contributed by atoms with Crippen molar-refractivity contribution in [2.75, 3.05) is 33.1 Å². The first-order chi connectivity index (χ1) is 12.8. The first-order valence-corrected chi connectivity index (χ1v) is 9.96. The fraction of sp³-hybridized carbons (Fsp3) is 0.316. The van der Waals surface area contributed by atoms with E-state index in [9.17, 15) is 13.2 Å². The number of ether oxygens (including phenoxy) is 1. The Labute approximate surface area is 159 Å². The number of nitrogens with zero attached hydrogens (tertiary/aromatic N) is 2. The second-order valence-corrected chi connectivity index (χ2v) is 8.65. The lowest BCUT2D eigenvalue weighted by Crippen LogP contribution is -2.42. The van der Waals surface area contributed by atoms with Crippen molar-refractivity contribution in [2.45, 2.75) is 13.0 Å². The van der Waals surface area contributed by atoms with Crippen molar-refractivity contribution in [3.63, 3.8) is 0 Å². The smallest absolute Gasteiger partial charge is 0.281 e. The Morgan fingerprint density at radius 2 is 1.89 bits per heavy atom. The minimum Gasteiger partial charge on any atom is -0.496 e. The lowest BCUT2D eigenvalue weighted by molar-refractivity contribution is 0.102. The van der Waals surface area contributed by atoms with Crippen LogP contribution in [0.3, 0.4) is 0 Å². The molecule has 0 saturated carbocycles. The molecule has 1 aliphatic rings. The van der Waals surface area contributed by atoms with E-state index in [1.165, 1.54) is 29.8 Å². The van der Waals surface area contributed by atoms with Crippen molar-refractivity contribution < 1.29 is 17.9 Å². The third kappa shape index (κ3) is 3.97. The summed E-state index contributed by atoms with van der Waals surface area (Å²) in [5, 5.41) is 2.86. The zero-order chi connectivity index (χ0) is 19.6. The molecule has 2 aromatic carbocycles. The van der Waals surface area contributed by atoms with Crippen LogP contribution < -0.4 is 10.1 Å². The van der Waals surface area contributed by atoms with E-state index in [1.54, 1.807) is 24.3 Å². The standard InChI is InChI=1S/C19H23N3O4S/c1-21(2)27(24,25)22-11-10-14-8-9-16(12-15(14)13-22)20-19(23)17-6-4-5-7-18(17)26-3/h4-9,12H,10-11,13H2,1-3H3,(H,20,23). The molecule has 1 amide bonds. The third-order valence-electron chi connectivity index (χ3n) is 4.58. The van der Waals surface area contributed by atoms with Crippen LogP contribution >= 0.6 is 0 Å². The number of hydrogen-bond acceptors (Lipinski definition) is 4. The highest BCUT2D eigenvalue weighted by Gasteiger charge is 2.28. The van der Waals surface area contributed by atoms with E-state index in [4.69, 9.17) is 4.74 Å². The molecule has 0 spiro atoms. The summed E-state index contributed by atoms with van der Waals surface area (Å²) in [6.45, 7) is 0.731. The summed E-state index contributed by atoms with van der Waals surface area (Å²) in [6, 6.07) is 12.6. The summed E-state index contributed by atoms with van der Waals surface area (Å²) in [5.74, 6) is 0.220. The maximum Gasteiger partial charge on any atom is 0.281 e. The normalized spacial score (nSPS) is 14.7. The van der Waals surface area contributed by atoms with Crippen molar-refractivity contribution in [2.24, 2.45) is 0 Å². The van der Waals surface area contributed by atoms with Gasteiger partial charge in [-0.1, -0.05) is 18.2 Å². The minimum atomic E-state index is -3.47. The first-order valence-electron chi connectivity index (χ1n) is 8.56. The number of anilines is 1. The van der Waals surface area contributed by atoms with E-state index >= 15 is 0 Å². The van der Waals surface area contributed by atoms with Crippen LogP contribution in [-0.4, -0.2) is 50.7 Å². The van der Waals surface area contributed by atoms with Gasteiger partial charge in [-0.25, -0.2) is 0 Å². The Balaban J connectivity index is 1.81. The van der Waals surface area contributed by atoms with Crippen LogP contribution in [0.4, 0.5) is 5.69 Å². The molecule has 0 aliphatic carbocycles. The van der Waals surface area contributed by atoms with Gasteiger partial charge in [0.2, 0.25) is 0 Å². The molecule has 0 saturated heterocycles. The molecule has 0 radical (unpaired) electrons. The molecular weight excluding hydrogens is 366 g/mol. The molecule has 0 atom stereocenters. The van der Waals surface area contributed by atoms with Crippen LogP contribution in [0.15, 0.2) is 42.5 Å². The Morgan fingerprint density at radius 3 is 2.59 bits per heavy atom. The molecular formula is C19H23N3O4S. The Kier molecular flexibility index (Phi) is 5.50. The average molecular weight is 389 g/mol. The van der Waals surface area contributed by atoms with Gasteiger partial charge in [0.1, 0.15) is 5.75 Å². The maximum atomic E-state index is 12.6. The molecule has 8 heteroatoms.